The number of rotatable bonds is 5. The van der Waals surface area contributed by atoms with Gasteiger partial charge in [-0.25, -0.2) is 4.79 Å². The highest BCUT2D eigenvalue weighted by Crippen LogP contribution is 2.20. The van der Waals surface area contributed by atoms with Crippen molar-refractivity contribution in [3.8, 4) is 11.8 Å². The minimum atomic E-state index is -0.729. The Labute approximate surface area is 151 Å². The number of carbonyl (C=O) groups is 2. The summed E-state index contributed by atoms with van der Waals surface area (Å²) < 4.78 is 5.59. The summed E-state index contributed by atoms with van der Waals surface area (Å²) in [4.78, 5) is 25.6. The number of nitrogens with zero attached hydrogens (tertiary/aromatic N) is 2. The Morgan fingerprint density at radius 1 is 1.31 bits per heavy atom. The summed E-state index contributed by atoms with van der Waals surface area (Å²) >= 11 is 0. The maximum Gasteiger partial charge on any atom is 0.321 e. The van der Waals surface area contributed by atoms with Gasteiger partial charge in [0.1, 0.15) is 5.75 Å². The zero-order chi connectivity index (χ0) is 18.5. The van der Waals surface area contributed by atoms with Crippen LogP contribution in [0, 0.1) is 11.3 Å². The second kappa shape index (κ2) is 7.57. The van der Waals surface area contributed by atoms with Crippen LogP contribution >= 0.6 is 0 Å². The fraction of sp³-hybridized carbons (Fsp3) is 0.211. The molecule has 0 bridgehead atoms. The lowest BCUT2D eigenvalue weighted by Gasteiger charge is -2.16. The lowest BCUT2D eigenvalue weighted by Crippen LogP contribution is -2.30. The normalized spacial score (nSPS) is 14.3. The smallest absolute Gasteiger partial charge is 0.321 e. The van der Waals surface area contributed by atoms with E-state index in [1.807, 2.05) is 6.07 Å². The van der Waals surface area contributed by atoms with E-state index in [1.54, 1.807) is 60.4 Å². The van der Waals surface area contributed by atoms with Gasteiger partial charge < -0.3 is 15.4 Å². The van der Waals surface area contributed by atoms with Crippen molar-refractivity contribution >= 4 is 23.3 Å². The zero-order valence-electron chi connectivity index (χ0n) is 14.2. The molecule has 0 aromatic heterocycles. The third kappa shape index (κ3) is 3.92. The van der Waals surface area contributed by atoms with Crippen LogP contribution in [0.15, 0.2) is 48.5 Å². The van der Waals surface area contributed by atoms with Crippen molar-refractivity contribution in [2.45, 2.75) is 13.0 Å². The fourth-order valence-corrected chi connectivity index (χ4v) is 2.58. The van der Waals surface area contributed by atoms with Gasteiger partial charge in [-0.3, -0.25) is 9.69 Å². The van der Waals surface area contributed by atoms with Crippen molar-refractivity contribution in [1.82, 2.24) is 5.32 Å². The van der Waals surface area contributed by atoms with Gasteiger partial charge in [0.25, 0.3) is 5.91 Å². The molecule has 1 unspecified atom stereocenters. The number of urea groups is 1. The number of benzene rings is 2. The summed E-state index contributed by atoms with van der Waals surface area (Å²) in [6, 6.07) is 15.6. The SMILES string of the molecule is CC(Oc1cccc(C#N)c1)C(=O)Nc1ccc(N2CCNC2=O)cc1. The summed E-state index contributed by atoms with van der Waals surface area (Å²) in [5.74, 6) is 0.154. The molecule has 1 heterocycles. The summed E-state index contributed by atoms with van der Waals surface area (Å²) in [5, 5.41) is 14.4. The van der Waals surface area contributed by atoms with E-state index < -0.39 is 6.10 Å². The first-order valence-corrected chi connectivity index (χ1v) is 8.20. The van der Waals surface area contributed by atoms with Gasteiger partial charge in [-0.1, -0.05) is 6.07 Å². The van der Waals surface area contributed by atoms with E-state index in [-0.39, 0.29) is 11.9 Å². The lowest BCUT2D eigenvalue weighted by molar-refractivity contribution is -0.122. The second-order valence-corrected chi connectivity index (χ2v) is 5.82. The molecule has 1 aliphatic heterocycles. The van der Waals surface area contributed by atoms with Gasteiger partial charge in [0.05, 0.1) is 11.6 Å². The number of amides is 3. The van der Waals surface area contributed by atoms with Crippen LogP contribution in [0.2, 0.25) is 0 Å². The van der Waals surface area contributed by atoms with Crippen LogP contribution in [-0.4, -0.2) is 31.1 Å². The van der Waals surface area contributed by atoms with E-state index in [9.17, 15) is 9.59 Å². The molecule has 2 aromatic carbocycles. The highest BCUT2D eigenvalue weighted by atomic mass is 16.5. The van der Waals surface area contributed by atoms with Crippen molar-refractivity contribution in [1.29, 1.82) is 5.26 Å². The molecule has 3 amide bonds. The summed E-state index contributed by atoms with van der Waals surface area (Å²) in [6.07, 6.45) is -0.729. The Morgan fingerprint density at radius 2 is 2.08 bits per heavy atom. The summed E-state index contributed by atoms with van der Waals surface area (Å²) in [6.45, 7) is 2.88. The molecule has 2 aromatic rings. The molecule has 0 spiro atoms. The van der Waals surface area contributed by atoms with Gasteiger partial charge in [0.2, 0.25) is 0 Å². The van der Waals surface area contributed by atoms with Gasteiger partial charge >= 0.3 is 6.03 Å². The Balaban J connectivity index is 1.60. The fourth-order valence-electron chi connectivity index (χ4n) is 2.58. The lowest BCUT2D eigenvalue weighted by atomic mass is 10.2. The Morgan fingerprint density at radius 3 is 2.73 bits per heavy atom. The molecule has 0 aliphatic carbocycles. The maximum absolute atomic E-state index is 12.3. The molecule has 2 N–H and O–H groups in total. The van der Waals surface area contributed by atoms with Crippen LogP contribution in [0.3, 0.4) is 0 Å². The average molecular weight is 350 g/mol. The molecule has 1 aliphatic rings. The molecule has 0 radical (unpaired) electrons. The predicted octanol–water partition coefficient (Wildman–Crippen LogP) is 2.49. The molecule has 1 atom stereocenters. The number of ether oxygens (including phenoxy) is 1. The third-order valence-corrected chi connectivity index (χ3v) is 3.95. The summed E-state index contributed by atoms with van der Waals surface area (Å²) in [7, 11) is 0. The molecular weight excluding hydrogens is 332 g/mol. The number of hydrogen-bond acceptors (Lipinski definition) is 4. The van der Waals surface area contributed by atoms with Crippen LogP contribution in [0.25, 0.3) is 0 Å². The van der Waals surface area contributed by atoms with Gasteiger partial charge in [-0.15, -0.1) is 0 Å². The van der Waals surface area contributed by atoms with Crippen LogP contribution < -0.4 is 20.3 Å². The highest BCUT2D eigenvalue weighted by Gasteiger charge is 2.21. The molecule has 1 saturated heterocycles. The molecule has 26 heavy (non-hydrogen) atoms. The van der Waals surface area contributed by atoms with E-state index in [2.05, 4.69) is 10.6 Å². The van der Waals surface area contributed by atoms with Crippen LogP contribution in [-0.2, 0) is 4.79 Å². The number of nitriles is 1. The van der Waals surface area contributed by atoms with E-state index in [0.29, 0.717) is 30.1 Å². The predicted molar refractivity (Wildman–Crippen MR) is 97.1 cm³/mol. The molecular formula is C19H18N4O3. The monoisotopic (exact) mass is 350 g/mol. The van der Waals surface area contributed by atoms with E-state index in [0.717, 1.165) is 5.69 Å². The number of hydrogen-bond donors (Lipinski definition) is 2. The van der Waals surface area contributed by atoms with Crippen LogP contribution in [0.1, 0.15) is 12.5 Å². The largest absolute Gasteiger partial charge is 0.481 e. The number of nitrogens with one attached hydrogen (secondary N) is 2. The second-order valence-electron chi connectivity index (χ2n) is 5.82. The van der Waals surface area contributed by atoms with Crippen molar-refractivity contribution < 1.29 is 14.3 Å². The topological polar surface area (TPSA) is 94.5 Å². The molecule has 3 rings (SSSR count). The van der Waals surface area contributed by atoms with Crippen molar-refractivity contribution in [3.63, 3.8) is 0 Å². The Kier molecular flexibility index (Phi) is 5.04. The van der Waals surface area contributed by atoms with Crippen molar-refractivity contribution in [2.24, 2.45) is 0 Å². The van der Waals surface area contributed by atoms with E-state index in [4.69, 9.17) is 10.00 Å². The van der Waals surface area contributed by atoms with Crippen LogP contribution in [0.5, 0.6) is 5.75 Å². The van der Waals surface area contributed by atoms with Gasteiger partial charge in [0, 0.05) is 24.5 Å². The Hall–Kier alpha value is -3.53. The average Bonchev–Trinajstić information content (AvgIpc) is 3.08. The number of anilines is 2. The van der Waals surface area contributed by atoms with E-state index in [1.165, 1.54) is 0 Å². The Bertz CT molecular complexity index is 858. The number of carbonyl (C=O) groups excluding carboxylic acids is 2. The molecule has 7 heteroatoms. The van der Waals surface area contributed by atoms with Crippen molar-refractivity contribution in [2.75, 3.05) is 23.3 Å². The quantitative estimate of drug-likeness (QED) is 0.866. The first-order chi connectivity index (χ1) is 12.6. The first kappa shape index (κ1) is 17.3. The van der Waals surface area contributed by atoms with Gasteiger partial charge in [0.15, 0.2) is 6.10 Å². The molecule has 0 saturated carbocycles. The zero-order valence-corrected chi connectivity index (χ0v) is 14.2. The molecule has 7 nitrogen and oxygen atoms in total. The maximum atomic E-state index is 12.3. The molecule has 132 valence electrons. The minimum absolute atomic E-state index is 0.122. The van der Waals surface area contributed by atoms with Crippen molar-refractivity contribution in [3.05, 3.63) is 54.1 Å². The van der Waals surface area contributed by atoms with Crippen LogP contribution in [0.4, 0.5) is 16.2 Å². The summed E-state index contributed by atoms with van der Waals surface area (Å²) in [5.41, 5.74) is 1.85. The van der Waals surface area contributed by atoms with Gasteiger partial charge in [-0.2, -0.15) is 5.26 Å². The molecule has 1 fully saturated rings. The minimum Gasteiger partial charge on any atom is -0.481 e. The first-order valence-electron chi connectivity index (χ1n) is 8.20. The third-order valence-electron chi connectivity index (χ3n) is 3.95. The van der Waals surface area contributed by atoms with Gasteiger partial charge in [-0.05, 0) is 49.4 Å². The van der Waals surface area contributed by atoms with E-state index >= 15 is 0 Å². The highest BCUT2D eigenvalue weighted by molar-refractivity contribution is 5.96. The standard InChI is InChI=1S/C19H18N4O3/c1-13(26-17-4-2-3-14(11-17)12-20)18(24)22-15-5-7-16(8-6-15)23-10-9-21-19(23)25/h2-8,11,13H,9-10H2,1H3,(H,21,25)(H,22,24).